The van der Waals surface area contributed by atoms with Crippen molar-refractivity contribution in [2.24, 2.45) is 5.92 Å². The molecule has 3 aromatic rings. The average molecular weight is 534 g/mol. The Labute approximate surface area is 223 Å². The number of amides is 2. The Morgan fingerprint density at radius 3 is 2.42 bits per heavy atom. The molecule has 9 heteroatoms. The largest absolute Gasteiger partial charge is 0.477 e. The van der Waals surface area contributed by atoms with Gasteiger partial charge in [0.05, 0.1) is 23.0 Å². The van der Waals surface area contributed by atoms with Gasteiger partial charge in [0.25, 0.3) is 5.91 Å². The summed E-state index contributed by atoms with van der Waals surface area (Å²) in [7, 11) is -3.72. The molecule has 3 aromatic carbocycles. The first kappa shape index (κ1) is 25.9. The Morgan fingerprint density at radius 1 is 0.947 bits per heavy atom. The maximum atomic E-state index is 13.8. The molecule has 0 aliphatic carbocycles. The Kier molecular flexibility index (Phi) is 7.49. The Morgan fingerprint density at radius 2 is 1.66 bits per heavy atom. The van der Waals surface area contributed by atoms with Crippen molar-refractivity contribution < 1.29 is 22.7 Å². The van der Waals surface area contributed by atoms with Crippen molar-refractivity contribution in [1.82, 2.24) is 9.62 Å². The second kappa shape index (κ2) is 11.0. The van der Waals surface area contributed by atoms with Crippen LogP contribution in [0, 0.1) is 12.8 Å². The molecule has 0 saturated carbocycles. The summed E-state index contributed by atoms with van der Waals surface area (Å²) in [4.78, 5) is 28.7. The van der Waals surface area contributed by atoms with Crippen LogP contribution < -0.4 is 15.0 Å². The molecule has 0 radical (unpaired) electrons. The molecular weight excluding hydrogens is 502 g/mol. The van der Waals surface area contributed by atoms with Gasteiger partial charge in [-0.1, -0.05) is 60.2 Å². The minimum atomic E-state index is -3.72. The van der Waals surface area contributed by atoms with E-state index in [4.69, 9.17) is 4.74 Å². The van der Waals surface area contributed by atoms with Crippen molar-refractivity contribution >= 4 is 27.5 Å². The summed E-state index contributed by atoms with van der Waals surface area (Å²) in [6.07, 6.45) is 0.269. The molecule has 198 valence electrons. The van der Waals surface area contributed by atoms with Gasteiger partial charge in [-0.2, -0.15) is 4.31 Å². The van der Waals surface area contributed by atoms with Crippen LogP contribution in [0.2, 0.25) is 0 Å². The van der Waals surface area contributed by atoms with Gasteiger partial charge in [0, 0.05) is 19.6 Å². The van der Waals surface area contributed by atoms with Crippen molar-refractivity contribution in [3.8, 4) is 5.75 Å². The zero-order chi connectivity index (χ0) is 26.7. The maximum absolute atomic E-state index is 13.8. The summed E-state index contributed by atoms with van der Waals surface area (Å²) in [5.41, 5.74) is 2.52. The quantitative estimate of drug-likeness (QED) is 0.523. The number of carbonyl (C=O) groups is 2. The highest BCUT2D eigenvalue weighted by Crippen LogP contribution is 2.35. The monoisotopic (exact) mass is 533 g/mol. The first-order chi connectivity index (χ1) is 18.3. The summed E-state index contributed by atoms with van der Waals surface area (Å²) in [5, 5.41) is 2.90. The van der Waals surface area contributed by atoms with Crippen LogP contribution in [-0.2, 0) is 26.2 Å². The molecule has 0 aromatic heterocycles. The Balaban J connectivity index is 1.32. The molecule has 2 aliphatic rings. The van der Waals surface area contributed by atoms with Crippen molar-refractivity contribution in [2.45, 2.75) is 37.3 Å². The fourth-order valence-corrected chi connectivity index (χ4v) is 6.44. The molecule has 0 bridgehead atoms. The van der Waals surface area contributed by atoms with E-state index in [1.165, 1.54) is 4.31 Å². The van der Waals surface area contributed by atoms with E-state index in [0.29, 0.717) is 37.4 Å². The van der Waals surface area contributed by atoms with Gasteiger partial charge in [-0.15, -0.1) is 0 Å². The molecule has 2 aliphatic heterocycles. The Bertz CT molecular complexity index is 1410. The van der Waals surface area contributed by atoms with Crippen LogP contribution >= 0.6 is 0 Å². The van der Waals surface area contributed by atoms with Gasteiger partial charge < -0.3 is 15.0 Å². The number of sulfonamides is 1. The van der Waals surface area contributed by atoms with Crippen LogP contribution in [0.4, 0.5) is 5.69 Å². The number of nitrogens with one attached hydrogen (secondary N) is 1. The topological polar surface area (TPSA) is 96.0 Å². The molecule has 2 atom stereocenters. The number of nitrogens with zero attached hydrogens (tertiary/aromatic N) is 2. The van der Waals surface area contributed by atoms with E-state index in [-0.39, 0.29) is 29.8 Å². The maximum Gasteiger partial charge on any atom is 0.263 e. The molecular formula is C29H31N3O5S. The number of fused-ring (bicyclic) bond motifs is 1. The number of piperidine rings is 1. The smallest absolute Gasteiger partial charge is 0.263 e. The summed E-state index contributed by atoms with van der Waals surface area (Å²) in [6.45, 7) is 2.77. The number of para-hydroxylation sites is 2. The molecule has 0 spiro atoms. The minimum Gasteiger partial charge on any atom is -0.477 e. The van der Waals surface area contributed by atoms with E-state index in [0.717, 1.165) is 11.1 Å². The number of rotatable bonds is 6. The predicted octanol–water partition coefficient (Wildman–Crippen LogP) is 3.51. The van der Waals surface area contributed by atoms with Gasteiger partial charge in [0.1, 0.15) is 5.75 Å². The van der Waals surface area contributed by atoms with Crippen LogP contribution in [0.1, 0.15) is 24.0 Å². The Hall–Kier alpha value is -3.69. The predicted molar refractivity (Wildman–Crippen MR) is 144 cm³/mol. The summed E-state index contributed by atoms with van der Waals surface area (Å²) >= 11 is 0. The second-order valence-corrected chi connectivity index (χ2v) is 11.7. The van der Waals surface area contributed by atoms with Gasteiger partial charge in [-0.25, -0.2) is 8.42 Å². The van der Waals surface area contributed by atoms with E-state index in [2.05, 4.69) is 5.32 Å². The first-order valence-corrected chi connectivity index (χ1v) is 14.2. The second-order valence-electron chi connectivity index (χ2n) is 9.74. The summed E-state index contributed by atoms with van der Waals surface area (Å²) in [6, 6.07) is 23.4. The molecule has 1 N–H and O–H groups in total. The third-order valence-corrected chi connectivity index (χ3v) is 8.91. The summed E-state index contributed by atoms with van der Waals surface area (Å²) < 4.78 is 34.0. The minimum absolute atomic E-state index is 0.0533. The number of aryl methyl sites for hydroxylation is 1. The lowest BCUT2D eigenvalue weighted by atomic mass is 9.97. The van der Waals surface area contributed by atoms with Crippen molar-refractivity contribution in [3.05, 3.63) is 90.0 Å². The lowest BCUT2D eigenvalue weighted by Crippen LogP contribution is -2.53. The highest BCUT2D eigenvalue weighted by molar-refractivity contribution is 7.89. The molecule has 2 unspecified atom stereocenters. The zero-order valence-electron chi connectivity index (χ0n) is 21.2. The normalized spacial score (nSPS) is 19.8. The van der Waals surface area contributed by atoms with Crippen LogP contribution in [-0.4, -0.2) is 50.3 Å². The lowest BCUT2D eigenvalue weighted by Gasteiger charge is -2.38. The van der Waals surface area contributed by atoms with E-state index >= 15 is 0 Å². The highest BCUT2D eigenvalue weighted by Gasteiger charge is 2.39. The average Bonchev–Trinajstić information content (AvgIpc) is 2.95. The molecule has 8 nitrogen and oxygen atoms in total. The van der Waals surface area contributed by atoms with Crippen molar-refractivity contribution in [2.75, 3.05) is 24.5 Å². The molecule has 1 fully saturated rings. The third-order valence-electron chi connectivity index (χ3n) is 7.03. The van der Waals surface area contributed by atoms with E-state index < -0.39 is 22.0 Å². The van der Waals surface area contributed by atoms with E-state index in [9.17, 15) is 18.0 Å². The number of hydrogen-bond donors (Lipinski definition) is 1. The number of anilines is 1. The molecule has 2 heterocycles. The fourth-order valence-electron chi connectivity index (χ4n) is 4.92. The van der Waals surface area contributed by atoms with Crippen molar-refractivity contribution in [1.29, 1.82) is 0 Å². The number of hydrogen-bond acceptors (Lipinski definition) is 5. The van der Waals surface area contributed by atoms with Gasteiger partial charge >= 0.3 is 0 Å². The van der Waals surface area contributed by atoms with Gasteiger partial charge in [-0.05, 0) is 49.6 Å². The summed E-state index contributed by atoms with van der Waals surface area (Å²) in [5.74, 6) is -0.589. The van der Waals surface area contributed by atoms with E-state index in [1.807, 2.05) is 43.3 Å². The SMILES string of the molecule is Cc1ccc(S(=O)(=O)N2CCCC(C(=O)N3CC(C(=O)NCc4ccccc4)Oc4ccccc43)C2)cc1. The van der Waals surface area contributed by atoms with Gasteiger partial charge in [0.2, 0.25) is 15.9 Å². The van der Waals surface area contributed by atoms with Crippen LogP contribution in [0.3, 0.4) is 0 Å². The number of ether oxygens (including phenoxy) is 1. The van der Waals surface area contributed by atoms with E-state index in [1.54, 1.807) is 47.4 Å². The van der Waals surface area contributed by atoms with Crippen LogP contribution in [0.15, 0.2) is 83.8 Å². The van der Waals surface area contributed by atoms with Crippen molar-refractivity contribution in [3.63, 3.8) is 0 Å². The standard InChI is InChI=1S/C29H31N3O5S/c1-21-13-15-24(16-14-21)38(35,36)31-17-7-10-23(19-31)29(34)32-20-27(37-26-12-6-5-11-25(26)32)28(33)30-18-22-8-3-2-4-9-22/h2-6,8-9,11-16,23,27H,7,10,17-20H2,1H3,(H,30,33). The molecule has 38 heavy (non-hydrogen) atoms. The highest BCUT2D eigenvalue weighted by atomic mass is 32.2. The third kappa shape index (κ3) is 5.44. The zero-order valence-corrected chi connectivity index (χ0v) is 22.1. The van der Waals surface area contributed by atoms with Crippen LogP contribution in [0.25, 0.3) is 0 Å². The molecule has 5 rings (SSSR count). The van der Waals surface area contributed by atoms with Gasteiger partial charge in [-0.3, -0.25) is 9.59 Å². The molecule has 1 saturated heterocycles. The number of carbonyl (C=O) groups excluding carboxylic acids is 2. The van der Waals surface area contributed by atoms with Gasteiger partial charge in [0.15, 0.2) is 6.10 Å². The fraction of sp³-hybridized carbons (Fsp3) is 0.310. The first-order valence-electron chi connectivity index (χ1n) is 12.8. The van der Waals surface area contributed by atoms with Crippen LogP contribution in [0.5, 0.6) is 5.75 Å². The lowest BCUT2D eigenvalue weighted by molar-refractivity contribution is -0.129. The number of benzene rings is 3. The molecule has 2 amide bonds.